The fourth-order valence-electron chi connectivity index (χ4n) is 2.14. The summed E-state index contributed by atoms with van der Waals surface area (Å²) >= 11 is 6.29. The second-order valence-electron chi connectivity index (χ2n) is 5.30. The number of nitrogens with zero attached hydrogens (tertiary/aromatic N) is 3. The summed E-state index contributed by atoms with van der Waals surface area (Å²) in [4.78, 5) is 8.42. The number of hydrogen-bond donors (Lipinski definition) is 1. The summed E-state index contributed by atoms with van der Waals surface area (Å²) in [6.07, 6.45) is 1.73. The first-order valence-electron chi connectivity index (χ1n) is 7.51. The lowest BCUT2D eigenvalue weighted by Gasteiger charge is -2.13. The molecule has 1 aromatic carbocycles. The monoisotopic (exact) mass is 344 g/mol. The maximum absolute atomic E-state index is 6.29. The van der Waals surface area contributed by atoms with Gasteiger partial charge in [0.2, 0.25) is 5.89 Å². The number of aryl methyl sites for hydroxylation is 1. The molecule has 0 spiro atoms. The van der Waals surface area contributed by atoms with E-state index in [1.165, 1.54) is 0 Å². The second-order valence-corrected chi connectivity index (χ2v) is 5.71. The normalized spacial score (nSPS) is 12.0. The zero-order valence-electron chi connectivity index (χ0n) is 13.4. The van der Waals surface area contributed by atoms with Crippen molar-refractivity contribution in [1.82, 2.24) is 15.1 Å². The summed E-state index contributed by atoms with van der Waals surface area (Å²) in [6.45, 7) is 4.08. The summed E-state index contributed by atoms with van der Waals surface area (Å²) in [5.74, 6) is 1.74. The smallest absolute Gasteiger partial charge is 0.248 e. The molecule has 2 heterocycles. The van der Waals surface area contributed by atoms with Crippen molar-refractivity contribution in [1.29, 1.82) is 0 Å². The highest BCUT2D eigenvalue weighted by molar-refractivity contribution is 6.32. The summed E-state index contributed by atoms with van der Waals surface area (Å²) in [7, 11) is 0. The van der Waals surface area contributed by atoms with Gasteiger partial charge in [-0.15, -0.1) is 0 Å². The molecule has 24 heavy (non-hydrogen) atoms. The Morgan fingerprint density at radius 3 is 2.83 bits per heavy atom. The van der Waals surface area contributed by atoms with Crippen LogP contribution in [-0.2, 0) is 6.61 Å². The van der Waals surface area contributed by atoms with Crippen molar-refractivity contribution >= 4 is 17.3 Å². The minimum atomic E-state index is -0.123. The van der Waals surface area contributed by atoms with E-state index in [4.69, 9.17) is 20.9 Å². The number of nitrogens with one attached hydrogen (secondary N) is 1. The zero-order valence-corrected chi connectivity index (χ0v) is 14.1. The van der Waals surface area contributed by atoms with Gasteiger partial charge in [-0.3, -0.25) is 4.98 Å². The van der Waals surface area contributed by atoms with Crippen LogP contribution in [0.4, 0.5) is 5.69 Å². The van der Waals surface area contributed by atoms with Gasteiger partial charge < -0.3 is 14.6 Å². The summed E-state index contributed by atoms with van der Waals surface area (Å²) in [6, 6.07) is 11.1. The number of anilines is 1. The highest BCUT2D eigenvalue weighted by Crippen LogP contribution is 2.29. The molecular weight excluding hydrogens is 328 g/mol. The van der Waals surface area contributed by atoms with Crippen molar-refractivity contribution < 1.29 is 9.26 Å². The van der Waals surface area contributed by atoms with Crippen LogP contribution in [0.5, 0.6) is 5.75 Å². The van der Waals surface area contributed by atoms with Crippen LogP contribution in [0.3, 0.4) is 0 Å². The fourth-order valence-corrected chi connectivity index (χ4v) is 2.38. The second kappa shape index (κ2) is 7.31. The Hall–Kier alpha value is -2.60. The van der Waals surface area contributed by atoms with Crippen LogP contribution in [0.2, 0.25) is 5.02 Å². The van der Waals surface area contributed by atoms with Crippen LogP contribution in [0.15, 0.2) is 47.1 Å². The standard InChI is InChI=1S/C17H17ClN4O2/c1-11(17-21-12(2)22-24-17)20-13-6-7-16(15(18)9-13)23-10-14-5-3-4-8-19-14/h3-9,11,20H,10H2,1-2H3/t11-/m0/s1. The largest absolute Gasteiger partial charge is 0.486 e. The van der Waals surface area contributed by atoms with Crippen molar-refractivity contribution in [2.24, 2.45) is 0 Å². The van der Waals surface area contributed by atoms with Gasteiger partial charge in [0, 0.05) is 11.9 Å². The lowest BCUT2D eigenvalue weighted by molar-refractivity contribution is 0.301. The van der Waals surface area contributed by atoms with E-state index in [9.17, 15) is 0 Å². The van der Waals surface area contributed by atoms with Crippen molar-refractivity contribution in [2.45, 2.75) is 26.5 Å². The fraction of sp³-hybridized carbons (Fsp3) is 0.235. The summed E-state index contributed by atoms with van der Waals surface area (Å²) in [5, 5.41) is 7.57. The van der Waals surface area contributed by atoms with E-state index in [2.05, 4.69) is 20.4 Å². The molecule has 124 valence electrons. The van der Waals surface area contributed by atoms with E-state index < -0.39 is 0 Å². The summed E-state index contributed by atoms with van der Waals surface area (Å²) < 4.78 is 10.9. The molecule has 0 saturated carbocycles. The molecule has 0 unspecified atom stereocenters. The highest BCUT2D eigenvalue weighted by atomic mass is 35.5. The number of aromatic nitrogens is 3. The van der Waals surface area contributed by atoms with Gasteiger partial charge in [0.15, 0.2) is 5.82 Å². The maximum atomic E-state index is 6.29. The third kappa shape index (κ3) is 4.02. The van der Waals surface area contributed by atoms with Gasteiger partial charge in [-0.25, -0.2) is 0 Å². The van der Waals surface area contributed by atoms with Gasteiger partial charge in [-0.05, 0) is 44.2 Å². The van der Waals surface area contributed by atoms with E-state index >= 15 is 0 Å². The zero-order chi connectivity index (χ0) is 16.9. The Morgan fingerprint density at radius 1 is 1.29 bits per heavy atom. The third-order valence-electron chi connectivity index (χ3n) is 3.33. The third-order valence-corrected chi connectivity index (χ3v) is 3.63. The van der Waals surface area contributed by atoms with Gasteiger partial charge in [0.05, 0.1) is 10.7 Å². The molecule has 0 saturated heterocycles. The average molecular weight is 345 g/mol. The molecular formula is C17H17ClN4O2. The Morgan fingerprint density at radius 2 is 2.17 bits per heavy atom. The summed E-state index contributed by atoms with van der Waals surface area (Å²) in [5.41, 5.74) is 1.68. The first-order chi connectivity index (χ1) is 11.6. The Bertz CT molecular complexity index is 807. The SMILES string of the molecule is Cc1noc([C@H](C)Nc2ccc(OCc3ccccn3)c(Cl)c2)n1. The number of benzene rings is 1. The first kappa shape index (κ1) is 16.3. The molecule has 1 atom stereocenters. The van der Waals surface area contributed by atoms with Crippen LogP contribution < -0.4 is 10.1 Å². The van der Waals surface area contributed by atoms with Crippen molar-refractivity contribution in [3.8, 4) is 5.75 Å². The Balaban J connectivity index is 1.64. The van der Waals surface area contributed by atoms with Gasteiger partial charge in [-0.2, -0.15) is 4.98 Å². The molecule has 0 bridgehead atoms. The number of rotatable bonds is 6. The van der Waals surface area contributed by atoms with E-state index in [-0.39, 0.29) is 6.04 Å². The average Bonchev–Trinajstić information content (AvgIpc) is 3.02. The van der Waals surface area contributed by atoms with E-state index in [0.717, 1.165) is 11.4 Å². The minimum absolute atomic E-state index is 0.123. The van der Waals surface area contributed by atoms with E-state index in [0.29, 0.717) is 29.1 Å². The molecule has 7 heteroatoms. The molecule has 0 aliphatic heterocycles. The van der Waals surface area contributed by atoms with Crippen LogP contribution in [0.1, 0.15) is 30.4 Å². The molecule has 1 N–H and O–H groups in total. The van der Waals surface area contributed by atoms with Crippen molar-refractivity contribution in [2.75, 3.05) is 5.32 Å². The minimum Gasteiger partial charge on any atom is -0.486 e. The number of hydrogen-bond acceptors (Lipinski definition) is 6. The number of ether oxygens (including phenoxy) is 1. The molecule has 0 fully saturated rings. The molecule has 0 amide bonds. The van der Waals surface area contributed by atoms with Gasteiger partial charge >= 0.3 is 0 Å². The van der Waals surface area contributed by atoms with E-state index in [1.807, 2.05) is 37.3 Å². The van der Waals surface area contributed by atoms with E-state index in [1.54, 1.807) is 19.2 Å². The molecule has 2 aromatic heterocycles. The van der Waals surface area contributed by atoms with Crippen LogP contribution in [-0.4, -0.2) is 15.1 Å². The Labute approximate surface area is 144 Å². The molecule has 3 rings (SSSR count). The van der Waals surface area contributed by atoms with Gasteiger partial charge in [0.1, 0.15) is 18.4 Å². The van der Waals surface area contributed by atoms with Crippen LogP contribution >= 0.6 is 11.6 Å². The lowest BCUT2D eigenvalue weighted by atomic mass is 10.2. The number of pyridine rings is 1. The van der Waals surface area contributed by atoms with Gasteiger partial charge in [-0.1, -0.05) is 22.8 Å². The molecule has 0 radical (unpaired) electrons. The van der Waals surface area contributed by atoms with Crippen molar-refractivity contribution in [3.63, 3.8) is 0 Å². The predicted octanol–water partition coefficient (Wildman–Crippen LogP) is 4.18. The van der Waals surface area contributed by atoms with Crippen molar-refractivity contribution in [3.05, 3.63) is 65.0 Å². The maximum Gasteiger partial charge on any atom is 0.248 e. The highest BCUT2D eigenvalue weighted by Gasteiger charge is 2.13. The molecule has 0 aliphatic rings. The van der Waals surface area contributed by atoms with Gasteiger partial charge in [0.25, 0.3) is 0 Å². The van der Waals surface area contributed by atoms with Crippen LogP contribution in [0, 0.1) is 6.92 Å². The predicted molar refractivity (Wildman–Crippen MR) is 91.1 cm³/mol. The lowest BCUT2D eigenvalue weighted by Crippen LogP contribution is -2.07. The molecule has 0 aliphatic carbocycles. The molecule has 6 nitrogen and oxygen atoms in total. The molecule has 3 aromatic rings. The number of halogens is 1. The van der Waals surface area contributed by atoms with Crippen LogP contribution in [0.25, 0.3) is 0 Å². The quantitative estimate of drug-likeness (QED) is 0.723. The Kier molecular flexibility index (Phi) is 4.96. The topological polar surface area (TPSA) is 73.1 Å². The first-order valence-corrected chi connectivity index (χ1v) is 7.88.